The third kappa shape index (κ3) is 1.47. The largest absolute Gasteiger partial charge is 0.391 e. The van der Waals surface area contributed by atoms with Gasteiger partial charge in [-0.3, -0.25) is 0 Å². The Kier molecular flexibility index (Phi) is 2.34. The second-order valence-corrected chi connectivity index (χ2v) is 7.10. The first-order valence-corrected chi connectivity index (χ1v) is 8.00. The van der Waals surface area contributed by atoms with Crippen LogP contribution in [0, 0.1) is 11.3 Å². The summed E-state index contributed by atoms with van der Waals surface area (Å²) in [6, 6.07) is 8.98. The normalized spacial score (nSPS) is 29.5. The fourth-order valence-electron chi connectivity index (χ4n) is 4.24. The van der Waals surface area contributed by atoms with Gasteiger partial charge in [0.1, 0.15) is 0 Å². The monoisotopic (exact) mass is 269 g/mol. The quantitative estimate of drug-likeness (QED) is 0.836. The van der Waals surface area contributed by atoms with Crippen molar-refractivity contribution in [3.63, 3.8) is 0 Å². The molecule has 0 radical (unpaired) electrons. The molecule has 1 saturated carbocycles. The maximum Gasteiger partial charge on any atom is 0.0418 e. The molecule has 1 fully saturated rings. The molecule has 19 heavy (non-hydrogen) atoms. The van der Waals surface area contributed by atoms with Gasteiger partial charge in [-0.15, -0.1) is 11.3 Å². The van der Waals surface area contributed by atoms with Crippen LogP contribution in [-0.4, -0.2) is 7.05 Å². The lowest BCUT2D eigenvalue weighted by Gasteiger charge is -2.27. The minimum atomic E-state index is 0.397. The minimum Gasteiger partial charge on any atom is -0.391 e. The first-order chi connectivity index (χ1) is 9.23. The topological polar surface area (TPSA) is 12.0 Å². The molecular formula is C17H19NS. The van der Waals surface area contributed by atoms with Crippen molar-refractivity contribution in [2.24, 2.45) is 11.3 Å². The third-order valence-corrected chi connectivity index (χ3v) is 6.01. The maximum absolute atomic E-state index is 3.53. The second kappa shape index (κ2) is 3.86. The van der Waals surface area contributed by atoms with Crippen molar-refractivity contribution in [1.29, 1.82) is 0 Å². The third-order valence-electron chi connectivity index (χ3n) is 5.04. The lowest BCUT2D eigenvalue weighted by atomic mass is 9.83. The van der Waals surface area contributed by atoms with Gasteiger partial charge in [-0.1, -0.05) is 25.1 Å². The molecule has 2 aliphatic rings. The van der Waals surface area contributed by atoms with Crippen LogP contribution in [0.2, 0.25) is 0 Å². The van der Waals surface area contributed by atoms with Crippen LogP contribution in [0.25, 0.3) is 15.7 Å². The molecule has 1 aromatic heterocycles. The molecule has 2 atom stereocenters. The Hall–Kier alpha value is -1.28. The van der Waals surface area contributed by atoms with E-state index in [4.69, 9.17) is 0 Å². The Labute approximate surface area is 118 Å². The second-order valence-electron chi connectivity index (χ2n) is 6.18. The van der Waals surface area contributed by atoms with Gasteiger partial charge >= 0.3 is 0 Å². The van der Waals surface area contributed by atoms with Crippen molar-refractivity contribution >= 4 is 27.0 Å². The molecule has 0 unspecified atom stereocenters. The SMILES string of the molecule is CNC1=C(c2cccc3ccsc23)[C@H]2CC[C@]1(C)C2. The molecule has 2 bridgehead atoms. The highest BCUT2D eigenvalue weighted by atomic mass is 32.1. The van der Waals surface area contributed by atoms with Crippen molar-refractivity contribution in [1.82, 2.24) is 5.32 Å². The van der Waals surface area contributed by atoms with Gasteiger partial charge in [0.05, 0.1) is 0 Å². The van der Waals surface area contributed by atoms with E-state index in [0.29, 0.717) is 5.41 Å². The van der Waals surface area contributed by atoms with Crippen LogP contribution in [0.4, 0.5) is 0 Å². The van der Waals surface area contributed by atoms with Gasteiger partial charge in [0, 0.05) is 22.9 Å². The molecule has 0 aliphatic heterocycles. The molecule has 98 valence electrons. The molecule has 1 aromatic carbocycles. The molecule has 2 heteroatoms. The number of allylic oxidation sites excluding steroid dienone is 2. The van der Waals surface area contributed by atoms with Gasteiger partial charge < -0.3 is 5.32 Å². The first kappa shape index (κ1) is 11.5. The zero-order chi connectivity index (χ0) is 13.0. The van der Waals surface area contributed by atoms with Gasteiger partial charge in [0.15, 0.2) is 0 Å². The molecule has 4 rings (SSSR count). The molecule has 0 amide bonds. The minimum absolute atomic E-state index is 0.397. The van der Waals surface area contributed by atoms with Crippen LogP contribution < -0.4 is 5.32 Å². The van der Waals surface area contributed by atoms with E-state index in [1.807, 2.05) is 11.3 Å². The fraction of sp³-hybridized carbons (Fsp3) is 0.412. The number of hydrogen-bond donors (Lipinski definition) is 1. The fourth-order valence-corrected chi connectivity index (χ4v) is 5.17. The summed E-state index contributed by atoms with van der Waals surface area (Å²) in [5.74, 6) is 0.764. The van der Waals surface area contributed by atoms with Gasteiger partial charge in [0.25, 0.3) is 0 Å². The van der Waals surface area contributed by atoms with Gasteiger partial charge in [0.2, 0.25) is 0 Å². The highest BCUT2D eigenvalue weighted by Gasteiger charge is 2.47. The molecule has 1 heterocycles. The van der Waals surface area contributed by atoms with Crippen LogP contribution in [0.3, 0.4) is 0 Å². The van der Waals surface area contributed by atoms with Crippen LogP contribution in [0.1, 0.15) is 31.7 Å². The van der Waals surface area contributed by atoms with E-state index in [0.717, 1.165) is 5.92 Å². The van der Waals surface area contributed by atoms with E-state index in [1.165, 1.54) is 40.6 Å². The summed E-state index contributed by atoms with van der Waals surface area (Å²) in [4.78, 5) is 0. The van der Waals surface area contributed by atoms with Crippen molar-refractivity contribution in [2.45, 2.75) is 26.2 Å². The number of rotatable bonds is 2. The van der Waals surface area contributed by atoms with Crippen LogP contribution in [-0.2, 0) is 0 Å². The molecular weight excluding hydrogens is 250 g/mol. The Balaban J connectivity index is 1.99. The zero-order valence-electron chi connectivity index (χ0n) is 11.5. The lowest BCUT2D eigenvalue weighted by Crippen LogP contribution is -2.23. The number of fused-ring (bicyclic) bond motifs is 3. The van der Waals surface area contributed by atoms with Crippen molar-refractivity contribution in [2.75, 3.05) is 7.05 Å². The predicted octanol–water partition coefficient (Wildman–Crippen LogP) is 4.65. The zero-order valence-corrected chi connectivity index (χ0v) is 12.3. The number of hydrogen-bond acceptors (Lipinski definition) is 2. The Morgan fingerprint density at radius 1 is 1.32 bits per heavy atom. The van der Waals surface area contributed by atoms with E-state index >= 15 is 0 Å². The van der Waals surface area contributed by atoms with Crippen molar-refractivity contribution in [3.8, 4) is 0 Å². The van der Waals surface area contributed by atoms with Crippen molar-refractivity contribution < 1.29 is 0 Å². The smallest absolute Gasteiger partial charge is 0.0418 e. The maximum atomic E-state index is 3.53. The number of thiophene rings is 1. The van der Waals surface area contributed by atoms with Crippen LogP contribution >= 0.6 is 11.3 Å². The summed E-state index contributed by atoms with van der Waals surface area (Å²) in [6.07, 6.45) is 4.04. The average molecular weight is 269 g/mol. The first-order valence-electron chi connectivity index (χ1n) is 7.12. The summed E-state index contributed by atoms with van der Waals surface area (Å²) in [5.41, 5.74) is 4.98. The standard InChI is InChI=1S/C17H19NS/c1-17-8-6-12(10-17)14(16(17)18-2)13-5-3-4-11-7-9-19-15(11)13/h3-5,7,9,12,18H,6,8,10H2,1-2H3/t12-,17+/m0/s1. The summed E-state index contributed by atoms with van der Waals surface area (Å²) in [7, 11) is 2.09. The van der Waals surface area contributed by atoms with E-state index in [9.17, 15) is 0 Å². The van der Waals surface area contributed by atoms with E-state index in [2.05, 4.69) is 48.9 Å². The van der Waals surface area contributed by atoms with Gasteiger partial charge in [-0.05, 0) is 53.1 Å². The number of benzene rings is 1. The Morgan fingerprint density at radius 2 is 2.21 bits per heavy atom. The molecule has 0 spiro atoms. The van der Waals surface area contributed by atoms with Gasteiger partial charge in [-0.25, -0.2) is 0 Å². The summed E-state index contributed by atoms with van der Waals surface area (Å²) in [6.45, 7) is 2.43. The predicted molar refractivity (Wildman–Crippen MR) is 83.3 cm³/mol. The Morgan fingerprint density at radius 3 is 3.05 bits per heavy atom. The molecule has 2 aliphatic carbocycles. The highest BCUT2D eigenvalue weighted by Crippen LogP contribution is 2.59. The highest BCUT2D eigenvalue weighted by molar-refractivity contribution is 7.17. The molecule has 0 saturated heterocycles. The summed E-state index contributed by atoms with van der Waals surface area (Å²) < 4.78 is 1.46. The summed E-state index contributed by atoms with van der Waals surface area (Å²) in [5, 5.41) is 7.12. The van der Waals surface area contributed by atoms with Crippen molar-refractivity contribution in [3.05, 3.63) is 40.9 Å². The van der Waals surface area contributed by atoms with E-state index in [1.54, 1.807) is 5.57 Å². The number of nitrogens with one attached hydrogen (secondary N) is 1. The lowest BCUT2D eigenvalue weighted by molar-refractivity contribution is 0.404. The van der Waals surface area contributed by atoms with Gasteiger partial charge in [-0.2, -0.15) is 0 Å². The Bertz CT molecular complexity index is 681. The molecule has 2 aromatic rings. The van der Waals surface area contributed by atoms with E-state index in [-0.39, 0.29) is 0 Å². The molecule has 1 nitrogen and oxygen atoms in total. The summed E-state index contributed by atoms with van der Waals surface area (Å²) >= 11 is 1.88. The average Bonchev–Trinajstić information content (AvgIpc) is 3.08. The van der Waals surface area contributed by atoms with E-state index < -0.39 is 0 Å². The molecule has 1 N–H and O–H groups in total. The van der Waals surface area contributed by atoms with Crippen LogP contribution in [0.15, 0.2) is 35.3 Å². The van der Waals surface area contributed by atoms with Crippen LogP contribution in [0.5, 0.6) is 0 Å².